The second-order valence-electron chi connectivity index (χ2n) is 2.46. The Labute approximate surface area is 71.2 Å². The number of phenols is 1. The van der Waals surface area contributed by atoms with E-state index in [-0.39, 0.29) is 11.5 Å². The van der Waals surface area contributed by atoms with Crippen LogP contribution in [0.4, 0.5) is 0 Å². The van der Waals surface area contributed by atoms with Crippen molar-refractivity contribution in [2.45, 2.75) is 6.42 Å². The van der Waals surface area contributed by atoms with Crippen LogP contribution in [0.1, 0.15) is 16.8 Å². The van der Waals surface area contributed by atoms with Gasteiger partial charge in [-0.3, -0.25) is 4.79 Å². The second kappa shape index (κ2) is 3.72. The quantitative estimate of drug-likeness (QED) is 0.546. The molecule has 0 atom stereocenters. The maximum Gasteiger partial charge on any atom is 0.166 e. The number of allylic oxidation sites excluding steroid dienone is 1. The Bertz CT molecular complexity index is 285. The first kappa shape index (κ1) is 8.53. The molecule has 0 heterocycles. The molecule has 62 valence electrons. The van der Waals surface area contributed by atoms with Crippen LogP contribution < -0.4 is 0 Å². The van der Waals surface area contributed by atoms with Gasteiger partial charge in [-0.2, -0.15) is 0 Å². The summed E-state index contributed by atoms with van der Waals surface area (Å²) in [6.45, 7) is 3.47. The lowest BCUT2D eigenvalue weighted by Gasteiger charge is -1.96. The topological polar surface area (TPSA) is 37.3 Å². The molecule has 0 aliphatic rings. The highest BCUT2D eigenvalue weighted by atomic mass is 16.3. The molecule has 0 amide bonds. The minimum absolute atomic E-state index is 0.0185. The Hall–Kier alpha value is -1.57. The van der Waals surface area contributed by atoms with E-state index in [4.69, 9.17) is 5.11 Å². The average molecular weight is 162 g/mol. The molecule has 0 aliphatic heterocycles. The highest BCUT2D eigenvalue weighted by Crippen LogP contribution is 2.11. The van der Waals surface area contributed by atoms with Gasteiger partial charge in [-0.15, -0.1) is 6.58 Å². The van der Waals surface area contributed by atoms with Crippen molar-refractivity contribution in [2.24, 2.45) is 0 Å². The van der Waals surface area contributed by atoms with Crippen LogP contribution in [0.15, 0.2) is 36.9 Å². The Morgan fingerprint density at radius 2 is 2.00 bits per heavy atom. The molecule has 1 aromatic carbocycles. The van der Waals surface area contributed by atoms with Crippen molar-refractivity contribution in [3.63, 3.8) is 0 Å². The number of benzene rings is 1. The average Bonchev–Trinajstić information content (AvgIpc) is 2.06. The summed E-state index contributed by atoms with van der Waals surface area (Å²) < 4.78 is 0. The number of carbonyl (C=O) groups excluding carboxylic acids is 1. The summed E-state index contributed by atoms with van der Waals surface area (Å²) in [6, 6.07) is 6.19. The van der Waals surface area contributed by atoms with Crippen LogP contribution in [-0.4, -0.2) is 10.9 Å². The maximum absolute atomic E-state index is 11.2. The molecule has 0 aromatic heterocycles. The predicted octanol–water partition coefficient (Wildman–Crippen LogP) is 2.15. The molecule has 0 fully saturated rings. The van der Waals surface area contributed by atoms with Crippen LogP contribution in [0.2, 0.25) is 0 Å². The van der Waals surface area contributed by atoms with Crippen molar-refractivity contribution >= 4 is 5.78 Å². The largest absolute Gasteiger partial charge is 0.508 e. The van der Waals surface area contributed by atoms with E-state index < -0.39 is 0 Å². The maximum atomic E-state index is 11.2. The zero-order chi connectivity index (χ0) is 8.97. The molecule has 2 nitrogen and oxygen atoms in total. The fourth-order valence-electron chi connectivity index (χ4n) is 0.896. The van der Waals surface area contributed by atoms with Crippen LogP contribution in [0.25, 0.3) is 0 Å². The summed E-state index contributed by atoms with van der Waals surface area (Å²) >= 11 is 0. The van der Waals surface area contributed by atoms with Crippen molar-refractivity contribution in [1.29, 1.82) is 0 Å². The number of Topliss-reactive ketones (excluding diaryl/α,β-unsaturated/α-hetero) is 1. The molecule has 1 aromatic rings. The summed E-state index contributed by atoms with van der Waals surface area (Å²) in [7, 11) is 0. The summed E-state index contributed by atoms with van der Waals surface area (Å²) in [5.41, 5.74) is 0.604. The van der Waals surface area contributed by atoms with Crippen LogP contribution in [0.3, 0.4) is 0 Å². The monoisotopic (exact) mass is 162 g/mol. The highest BCUT2D eigenvalue weighted by molar-refractivity contribution is 5.96. The Morgan fingerprint density at radius 1 is 1.42 bits per heavy atom. The summed E-state index contributed by atoms with van der Waals surface area (Å²) in [5.74, 6) is 0.190. The van der Waals surface area contributed by atoms with Crippen LogP contribution in [-0.2, 0) is 0 Å². The molecule has 2 heteroatoms. The van der Waals surface area contributed by atoms with Gasteiger partial charge >= 0.3 is 0 Å². The first-order chi connectivity index (χ1) is 5.74. The van der Waals surface area contributed by atoms with Crippen molar-refractivity contribution < 1.29 is 9.90 Å². The van der Waals surface area contributed by atoms with E-state index in [0.29, 0.717) is 12.0 Å². The molecule has 0 bridgehead atoms. The first-order valence-corrected chi connectivity index (χ1v) is 3.67. The lowest BCUT2D eigenvalue weighted by atomic mass is 10.1. The summed E-state index contributed by atoms with van der Waals surface area (Å²) in [6.07, 6.45) is 1.90. The van der Waals surface area contributed by atoms with Gasteiger partial charge in [0.2, 0.25) is 0 Å². The smallest absolute Gasteiger partial charge is 0.166 e. The second-order valence-corrected chi connectivity index (χ2v) is 2.46. The van der Waals surface area contributed by atoms with E-state index in [1.807, 2.05) is 0 Å². The SMILES string of the molecule is C=CCC(=O)c1ccc(O)cc1. The lowest BCUT2D eigenvalue weighted by molar-refractivity contribution is 0.0996. The molecule has 0 unspecified atom stereocenters. The molecule has 1 N–H and O–H groups in total. The first-order valence-electron chi connectivity index (χ1n) is 3.67. The molecule has 0 spiro atoms. The van der Waals surface area contributed by atoms with E-state index in [9.17, 15) is 4.79 Å². The minimum Gasteiger partial charge on any atom is -0.508 e. The Morgan fingerprint density at radius 3 is 2.50 bits per heavy atom. The van der Waals surface area contributed by atoms with E-state index in [2.05, 4.69) is 6.58 Å². The zero-order valence-corrected chi connectivity index (χ0v) is 6.66. The highest BCUT2D eigenvalue weighted by Gasteiger charge is 2.01. The van der Waals surface area contributed by atoms with Crippen LogP contribution >= 0.6 is 0 Å². The van der Waals surface area contributed by atoms with Gasteiger partial charge in [-0.1, -0.05) is 6.08 Å². The molecule has 1 rings (SSSR count). The Kier molecular flexibility index (Phi) is 2.64. The van der Waals surface area contributed by atoms with Crippen molar-refractivity contribution in [3.05, 3.63) is 42.5 Å². The molecular formula is C10H10O2. The number of aromatic hydroxyl groups is 1. The van der Waals surface area contributed by atoms with Gasteiger partial charge in [0.15, 0.2) is 5.78 Å². The molecule has 12 heavy (non-hydrogen) atoms. The van der Waals surface area contributed by atoms with Crippen molar-refractivity contribution in [2.75, 3.05) is 0 Å². The fourth-order valence-corrected chi connectivity index (χ4v) is 0.896. The predicted molar refractivity (Wildman–Crippen MR) is 47.3 cm³/mol. The molecule has 0 saturated heterocycles. The van der Waals surface area contributed by atoms with Crippen molar-refractivity contribution in [1.82, 2.24) is 0 Å². The van der Waals surface area contributed by atoms with Crippen LogP contribution in [0.5, 0.6) is 5.75 Å². The number of carbonyl (C=O) groups is 1. The van der Waals surface area contributed by atoms with E-state index in [1.54, 1.807) is 18.2 Å². The summed E-state index contributed by atoms with van der Waals surface area (Å²) in [4.78, 5) is 11.2. The van der Waals surface area contributed by atoms with Crippen molar-refractivity contribution in [3.8, 4) is 5.75 Å². The molecule has 0 saturated carbocycles. The lowest BCUT2D eigenvalue weighted by Crippen LogP contribution is -1.95. The third kappa shape index (κ3) is 1.95. The normalized spacial score (nSPS) is 9.33. The van der Waals surface area contributed by atoms with Gasteiger partial charge in [0, 0.05) is 12.0 Å². The van der Waals surface area contributed by atoms with Gasteiger partial charge in [-0.25, -0.2) is 0 Å². The fraction of sp³-hybridized carbons (Fsp3) is 0.100. The number of hydrogen-bond acceptors (Lipinski definition) is 2. The number of ketones is 1. The van der Waals surface area contributed by atoms with Gasteiger partial charge < -0.3 is 5.11 Å². The standard InChI is InChI=1S/C10H10O2/c1-2-3-10(12)8-4-6-9(11)7-5-8/h2,4-7,11H,1,3H2. The van der Waals surface area contributed by atoms with E-state index in [0.717, 1.165) is 0 Å². The van der Waals surface area contributed by atoms with E-state index >= 15 is 0 Å². The molecule has 0 radical (unpaired) electrons. The minimum atomic E-state index is 0.0185. The van der Waals surface area contributed by atoms with E-state index in [1.165, 1.54) is 12.1 Å². The third-order valence-corrected chi connectivity index (χ3v) is 1.52. The van der Waals surface area contributed by atoms with Gasteiger partial charge in [-0.05, 0) is 24.3 Å². The molecular weight excluding hydrogens is 152 g/mol. The third-order valence-electron chi connectivity index (χ3n) is 1.52. The van der Waals surface area contributed by atoms with Crippen LogP contribution in [0, 0.1) is 0 Å². The van der Waals surface area contributed by atoms with Gasteiger partial charge in [0.05, 0.1) is 0 Å². The van der Waals surface area contributed by atoms with Gasteiger partial charge in [0.25, 0.3) is 0 Å². The number of rotatable bonds is 3. The zero-order valence-electron chi connectivity index (χ0n) is 6.66. The van der Waals surface area contributed by atoms with Gasteiger partial charge in [0.1, 0.15) is 5.75 Å². The summed E-state index contributed by atoms with van der Waals surface area (Å²) in [5, 5.41) is 8.94. The molecule has 0 aliphatic carbocycles. The number of hydrogen-bond donors (Lipinski definition) is 1. The Balaban J connectivity index is 2.82. The number of phenolic OH excluding ortho intramolecular Hbond substituents is 1.